The zero-order valence-electron chi connectivity index (χ0n) is 9.89. The van der Waals surface area contributed by atoms with Crippen LogP contribution in [-0.4, -0.2) is 31.8 Å². The van der Waals surface area contributed by atoms with Crippen molar-refractivity contribution in [1.29, 1.82) is 0 Å². The van der Waals surface area contributed by atoms with Gasteiger partial charge in [-0.05, 0) is 18.2 Å². The molecule has 1 N–H and O–H groups in total. The summed E-state index contributed by atoms with van der Waals surface area (Å²) in [5, 5.41) is 3.08. The SMILES string of the molecule is COC(=O)[C@@H]1C[C@H](Oc2cccc(Br)c2)CN1.Cl. The molecule has 18 heavy (non-hydrogen) atoms. The zero-order valence-corrected chi connectivity index (χ0v) is 12.3. The minimum absolute atomic E-state index is 0. The fraction of sp³-hybridized carbons (Fsp3) is 0.417. The van der Waals surface area contributed by atoms with Gasteiger partial charge in [0, 0.05) is 17.4 Å². The van der Waals surface area contributed by atoms with E-state index in [1.54, 1.807) is 0 Å². The predicted octanol–water partition coefficient (Wildman–Crippen LogP) is 2.15. The maximum Gasteiger partial charge on any atom is 0.323 e. The Hall–Kier alpha value is -0.780. The van der Waals surface area contributed by atoms with Gasteiger partial charge >= 0.3 is 5.97 Å². The number of methoxy groups -OCH3 is 1. The van der Waals surface area contributed by atoms with Gasteiger partial charge in [-0.2, -0.15) is 0 Å². The third-order valence-corrected chi connectivity index (χ3v) is 3.17. The summed E-state index contributed by atoms with van der Waals surface area (Å²) in [4.78, 5) is 11.3. The maximum absolute atomic E-state index is 11.3. The van der Waals surface area contributed by atoms with Crippen LogP contribution < -0.4 is 10.1 Å². The highest BCUT2D eigenvalue weighted by Crippen LogP contribution is 2.21. The van der Waals surface area contributed by atoms with Crippen molar-refractivity contribution in [2.24, 2.45) is 0 Å². The summed E-state index contributed by atoms with van der Waals surface area (Å²) in [6.45, 7) is 0.659. The number of rotatable bonds is 3. The number of nitrogens with one attached hydrogen (secondary N) is 1. The molecule has 6 heteroatoms. The minimum atomic E-state index is -0.253. The van der Waals surface area contributed by atoms with Crippen molar-refractivity contribution in [2.45, 2.75) is 18.6 Å². The van der Waals surface area contributed by atoms with E-state index in [9.17, 15) is 4.79 Å². The molecule has 1 aliphatic rings. The molecule has 0 spiro atoms. The van der Waals surface area contributed by atoms with Crippen LogP contribution in [0, 0.1) is 0 Å². The summed E-state index contributed by atoms with van der Waals surface area (Å²) in [5.74, 6) is 0.571. The van der Waals surface area contributed by atoms with E-state index in [-0.39, 0.29) is 30.5 Å². The quantitative estimate of drug-likeness (QED) is 0.859. The lowest BCUT2D eigenvalue weighted by molar-refractivity contribution is -0.142. The highest BCUT2D eigenvalue weighted by molar-refractivity contribution is 9.10. The minimum Gasteiger partial charge on any atom is -0.489 e. The second-order valence-corrected chi connectivity index (χ2v) is 4.83. The molecule has 0 bridgehead atoms. The van der Waals surface area contributed by atoms with Gasteiger partial charge in [-0.3, -0.25) is 4.79 Å². The Morgan fingerprint density at radius 3 is 2.94 bits per heavy atom. The fourth-order valence-corrected chi connectivity index (χ4v) is 2.23. The Balaban J connectivity index is 0.00000162. The molecule has 0 saturated carbocycles. The molecule has 0 radical (unpaired) electrons. The Morgan fingerprint density at radius 2 is 2.28 bits per heavy atom. The van der Waals surface area contributed by atoms with Crippen LogP contribution in [0.5, 0.6) is 5.75 Å². The smallest absolute Gasteiger partial charge is 0.323 e. The van der Waals surface area contributed by atoms with Crippen molar-refractivity contribution in [2.75, 3.05) is 13.7 Å². The topological polar surface area (TPSA) is 47.6 Å². The first-order valence-electron chi connectivity index (χ1n) is 5.42. The molecule has 1 saturated heterocycles. The van der Waals surface area contributed by atoms with Gasteiger partial charge in [0.25, 0.3) is 0 Å². The van der Waals surface area contributed by atoms with Crippen LogP contribution in [0.4, 0.5) is 0 Å². The van der Waals surface area contributed by atoms with E-state index in [1.165, 1.54) is 7.11 Å². The van der Waals surface area contributed by atoms with E-state index < -0.39 is 0 Å². The van der Waals surface area contributed by atoms with Crippen LogP contribution in [0.15, 0.2) is 28.7 Å². The number of carbonyl (C=O) groups excluding carboxylic acids is 1. The number of benzene rings is 1. The van der Waals surface area contributed by atoms with Gasteiger partial charge < -0.3 is 14.8 Å². The zero-order chi connectivity index (χ0) is 12.3. The predicted molar refractivity (Wildman–Crippen MR) is 74.2 cm³/mol. The van der Waals surface area contributed by atoms with E-state index in [0.717, 1.165) is 10.2 Å². The number of halogens is 2. The van der Waals surface area contributed by atoms with E-state index in [0.29, 0.717) is 13.0 Å². The van der Waals surface area contributed by atoms with Crippen LogP contribution >= 0.6 is 28.3 Å². The molecule has 0 aliphatic carbocycles. The molecular formula is C12H15BrClNO3. The fourth-order valence-electron chi connectivity index (χ4n) is 1.85. The Labute approximate surface area is 121 Å². The summed E-state index contributed by atoms with van der Waals surface area (Å²) in [5.41, 5.74) is 0. The number of carbonyl (C=O) groups is 1. The third-order valence-electron chi connectivity index (χ3n) is 2.68. The summed E-state index contributed by atoms with van der Waals surface area (Å²) in [7, 11) is 1.40. The van der Waals surface area contributed by atoms with E-state index in [2.05, 4.69) is 26.0 Å². The molecule has 1 aromatic rings. The Morgan fingerprint density at radius 1 is 1.50 bits per heavy atom. The van der Waals surface area contributed by atoms with Crippen molar-refractivity contribution in [3.05, 3.63) is 28.7 Å². The molecule has 100 valence electrons. The Kier molecular flexibility index (Phi) is 5.91. The van der Waals surface area contributed by atoms with Crippen LogP contribution in [0.2, 0.25) is 0 Å². The molecule has 0 unspecified atom stereocenters. The number of hydrogen-bond acceptors (Lipinski definition) is 4. The summed E-state index contributed by atoms with van der Waals surface area (Å²) >= 11 is 3.39. The third kappa shape index (κ3) is 3.86. The molecule has 1 aliphatic heterocycles. The van der Waals surface area contributed by atoms with Crippen molar-refractivity contribution in [3.8, 4) is 5.75 Å². The van der Waals surface area contributed by atoms with Crippen LogP contribution in [0.1, 0.15) is 6.42 Å². The first kappa shape index (κ1) is 15.3. The molecule has 4 nitrogen and oxygen atoms in total. The standard InChI is InChI=1S/C12H14BrNO3.ClH/c1-16-12(15)11-6-10(7-14-11)17-9-4-2-3-8(13)5-9;/h2-5,10-11,14H,6-7H2,1H3;1H/t10-,11-;/m0./s1. The van der Waals surface area contributed by atoms with Gasteiger partial charge in [-0.1, -0.05) is 22.0 Å². The summed E-state index contributed by atoms with van der Waals surface area (Å²) in [6, 6.07) is 7.41. The van der Waals surface area contributed by atoms with Crippen molar-refractivity contribution >= 4 is 34.3 Å². The highest BCUT2D eigenvalue weighted by Gasteiger charge is 2.31. The lowest BCUT2D eigenvalue weighted by atomic mass is 10.2. The first-order chi connectivity index (χ1) is 8.19. The largest absolute Gasteiger partial charge is 0.489 e. The molecule has 1 heterocycles. The average molecular weight is 337 g/mol. The first-order valence-corrected chi connectivity index (χ1v) is 6.22. The maximum atomic E-state index is 11.3. The van der Waals surface area contributed by atoms with Crippen LogP contribution in [-0.2, 0) is 9.53 Å². The average Bonchev–Trinajstić information content (AvgIpc) is 2.76. The summed E-state index contributed by atoms with van der Waals surface area (Å²) < 4.78 is 11.4. The molecule has 0 amide bonds. The van der Waals surface area contributed by atoms with Gasteiger partial charge in [0.2, 0.25) is 0 Å². The highest BCUT2D eigenvalue weighted by atomic mass is 79.9. The molecule has 0 aromatic heterocycles. The second-order valence-electron chi connectivity index (χ2n) is 3.92. The number of ether oxygens (including phenoxy) is 2. The van der Waals surface area contributed by atoms with Gasteiger partial charge in [0.1, 0.15) is 17.9 Å². The molecule has 1 aromatic carbocycles. The molecule has 2 rings (SSSR count). The van der Waals surface area contributed by atoms with Crippen molar-refractivity contribution in [1.82, 2.24) is 5.32 Å². The number of hydrogen-bond donors (Lipinski definition) is 1. The van der Waals surface area contributed by atoms with E-state index >= 15 is 0 Å². The van der Waals surface area contributed by atoms with Gasteiger partial charge in [0.15, 0.2) is 0 Å². The lowest BCUT2D eigenvalue weighted by Crippen LogP contribution is -2.31. The normalized spacial score (nSPS) is 22.1. The van der Waals surface area contributed by atoms with Crippen LogP contribution in [0.25, 0.3) is 0 Å². The van der Waals surface area contributed by atoms with E-state index in [1.807, 2.05) is 24.3 Å². The van der Waals surface area contributed by atoms with Crippen molar-refractivity contribution in [3.63, 3.8) is 0 Å². The molecular weight excluding hydrogens is 321 g/mol. The lowest BCUT2D eigenvalue weighted by Gasteiger charge is -2.12. The van der Waals surface area contributed by atoms with Gasteiger partial charge in [0.05, 0.1) is 7.11 Å². The molecule has 2 atom stereocenters. The van der Waals surface area contributed by atoms with Gasteiger partial charge in [-0.25, -0.2) is 0 Å². The van der Waals surface area contributed by atoms with Crippen LogP contribution in [0.3, 0.4) is 0 Å². The van der Waals surface area contributed by atoms with Crippen molar-refractivity contribution < 1.29 is 14.3 Å². The summed E-state index contributed by atoms with van der Waals surface area (Å²) in [6.07, 6.45) is 0.646. The van der Waals surface area contributed by atoms with Gasteiger partial charge in [-0.15, -0.1) is 12.4 Å². The monoisotopic (exact) mass is 335 g/mol. The molecule has 1 fully saturated rings. The van der Waals surface area contributed by atoms with E-state index in [4.69, 9.17) is 4.74 Å². The number of esters is 1. The Bertz CT molecular complexity index is 416. The second kappa shape index (κ2) is 6.97.